The van der Waals surface area contributed by atoms with Crippen LogP contribution in [0, 0.1) is 0 Å². The molecule has 4 nitrogen and oxygen atoms in total. The molecular formula is C16H13NO3. The molecule has 2 N–H and O–H groups in total. The zero-order chi connectivity index (χ0) is 14.0. The van der Waals surface area contributed by atoms with Crippen molar-refractivity contribution in [2.24, 2.45) is 0 Å². The molecule has 100 valence electrons. The second-order valence-corrected chi connectivity index (χ2v) is 5.35. The molecule has 20 heavy (non-hydrogen) atoms. The van der Waals surface area contributed by atoms with E-state index < -0.39 is 6.04 Å². The van der Waals surface area contributed by atoms with E-state index in [0.29, 0.717) is 16.7 Å². The summed E-state index contributed by atoms with van der Waals surface area (Å²) >= 11 is 0. The lowest BCUT2D eigenvalue weighted by atomic mass is 9.91. The first kappa shape index (κ1) is 11.5. The fourth-order valence-electron chi connectivity index (χ4n) is 3.54. The van der Waals surface area contributed by atoms with Crippen molar-refractivity contribution in [2.45, 2.75) is 12.1 Å². The van der Waals surface area contributed by atoms with Gasteiger partial charge in [-0.25, -0.2) is 0 Å². The van der Waals surface area contributed by atoms with E-state index in [1.165, 1.54) is 12.1 Å². The van der Waals surface area contributed by atoms with Gasteiger partial charge in [-0.1, -0.05) is 24.3 Å². The molecule has 0 radical (unpaired) electrons. The van der Waals surface area contributed by atoms with E-state index in [9.17, 15) is 15.0 Å². The number of carbonyl (C=O) groups excluding carboxylic acids is 1. The minimum atomic E-state index is -0.517. The molecule has 0 saturated carbocycles. The van der Waals surface area contributed by atoms with Gasteiger partial charge >= 0.3 is 0 Å². The molecule has 2 aliphatic heterocycles. The summed E-state index contributed by atoms with van der Waals surface area (Å²) in [6.07, 6.45) is 0. The Labute approximate surface area is 115 Å². The first-order valence-corrected chi connectivity index (χ1v) is 6.51. The summed E-state index contributed by atoms with van der Waals surface area (Å²) in [5.41, 5.74) is 2.75. The zero-order valence-electron chi connectivity index (χ0n) is 10.9. The van der Waals surface area contributed by atoms with Crippen molar-refractivity contribution >= 4 is 5.78 Å². The molecule has 2 bridgehead atoms. The van der Waals surface area contributed by atoms with E-state index in [4.69, 9.17) is 0 Å². The fourth-order valence-corrected chi connectivity index (χ4v) is 3.54. The van der Waals surface area contributed by atoms with Gasteiger partial charge < -0.3 is 10.2 Å². The van der Waals surface area contributed by atoms with Crippen molar-refractivity contribution in [1.82, 2.24) is 4.90 Å². The highest BCUT2D eigenvalue weighted by molar-refractivity contribution is 6.05. The number of benzene rings is 2. The topological polar surface area (TPSA) is 60.8 Å². The van der Waals surface area contributed by atoms with Crippen molar-refractivity contribution in [2.75, 3.05) is 7.05 Å². The highest BCUT2D eigenvalue weighted by atomic mass is 16.3. The summed E-state index contributed by atoms with van der Waals surface area (Å²) in [5, 5.41) is 20.3. The lowest BCUT2D eigenvalue weighted by molar-refractivity contribution is 0.0813. The lowest BCUT2D eigenvalue weighted by Gasteiger charge is -2.32. The van der Waals surface area contributed by atoms with Gasteiger partial charge in [0.1, 0.15) is 17.5 Å². The van der Waals surface area contributed by atoms with Crippen LogP contribution < -0.4 is 0 Å². The van der Waals surface area contributed by atoms with Gasteiger partial charge in [-0.2, -0.15) is 0 Å². The van der Waals surface area contributed by atoms with Crippen LogP contribution in [0.25, 0.3) is 0 Å². The standard InChI is InChI=1S/C16H13NO3/c1-17-14-8-4-2-3-5-9(8)16(20)15(17)13-11(19)7-6-10(18)12(13)14/h2-7,14-15,18-19H,1H3. The Bertz CT molecular complexity index is 753. The largest absolute Gasteiger partial charge is 0.508 e. The van der Waals surface area contributed by atoms with Crippen LogP contribution in [0.3, 0.4) is 0 Å². The van der Waals surface area contributed by atoms with Crippen molar-refractivity contribution in [1.29, 1.82) is 0 Å². The summed E-state index contributed by atoms with van der Waals surface area (Å²) in [6.45, 7) is 0. The normalized spacial score (nSPS) is 23.6. The molecular weight excluding hydrogens is 254 g/mol. The number of carbonyl (C=O) groups is 1. The average molecular weight is 267 g/mol. The Kier molecular flexibility index (Phi) is 2.07. The zero-order valence-corrected chi connectivity index (χ0v) is 10.9. The maximum absolute atomic E-state index is 12.7. The van der Waals surface area contributed by atoms with E-state index >= 15 is 0 Å². The maximum Gasteiger partial charge on any atom is 0.185 e. The lowest BCUT2D eigenvalue weighted by Crippen LogP contribution is -2.34. The first-order valence-electron chi connectivity index (χ1n) is 6.51. The van der Waals surface area contributed by atoms with E-state index in [1.807, 2.05) is 36.2 Å². The molecule has 2 unspecified atom stereocenters. The molecule has 2 aliphatic rings. The third-order valence-electron chi connectivity index (χ3n) is 4.37. The molecule has 0 aromatic heterocycles. The number of hydrogen-bond donors (Lipinski definition) is 2. The highest BCUT2D eigenvalue weighted by Gasteiger charge is 2.49. The van der Waals surface area contributed by atoms with Crippen molar-refractivity contribution in [3.8, 4) is 11.5 Å². The van der Waals surface area contributed by atoms with E-state index in [0.717, 1.165) is 5.56 Å². The quantitative estimate of drug-likeness (QED) is 0.719. The van der Waals surface area contributed by atoms with Gasteiger partial charge in [0.2, 0.25) is 0 Å². The Morgan fingerprint density at radius 1 is 0.950 bits per heavy atom. The smallest absolute Gasteiger partial charge is 0.185 e. The van der Waals surface area contributed by atoms with Crippen molar-refractivity contribution < 1.29 is 15.0 Å². The number of aromatic hydroxyl groups is 2. The number of nitrogens with zero attached hydrogens (tertiary/aromatic N) is 1. The van der Waals surface area contributed by atoms with Gasteiger partial charge in [0, 0.05) is 16.7 Å². The SMILES string of the molecule is CN1C2C(=O)c3ccccc3C1c1c(O)ccc(O)c12. The van der Waals surface area contributed by atoms with Crippen LogP contribution in [0.4, 0.5) is 0 Å². The number of Topliss-reactive ketones (excluding diaryl/α,β-unsaturated/α-hetero) is 1. The summed E-state index contributed by atoms with van der Waals surface area (Å²) in [4.78, 5) is 14.6. The number of fused-ring (bicyclic) bond motifs is 7. The molecule has 4 rings (SSSR count). The Morgan fingerprint density at radius 3 is 2.25 bits per heavy atom. The third kappa shape index (κ3) is 1.17. The first-order chi connectivity index (χ1) is 9.61. The van der Waals surface area contributed by atoms with Gasteiger partial charge in [-0.05, 0) is 24.7 Å². The monoisotopic (exact) mass is 267 g/mol. The Hall–Kier alpha value is -2.33. The van der Waals surface area contributed by atoms with Crippen LogP contribution in [0.1, 0.15) is 39.1 Å². The second-order valence-electron chi connectivity index (χ2n) is 5.35. The number of ketones is 1. The highest BCUT2D eigenvalue weighted by Crippen LogP contribution is 2.55. The molecule has 0 aliphatic carbocycles. The van der Waals surface area contributed by atoms with Gasteiger partial charge in [0.15, 0.2) is 5.78 Å². The van der Waals surface area contributed by atoms with Crippen molar-refractivity contribution in [3.63, 3.8) is 0 Å². The predicted molar refractivity (Wildman–Crippen MR) is 72.9 cm³/mol. The Morgan fingerprint density at radius 2 is 1.55 bits per heavy atom. The summed E-state index contributed by atoms with van der Waals surface area (Å²) in [6, 6.07) is 9.67. The average Bonchev–Trinajstić information content (AvgIpc) is 2.69. The number of phenols is 2. The second kappa shape index (κ2) is 3.61. The minimum absolute atomic E-state index is 0.0287. The molecule has 2 heterocycles. The van der Waals surface area contributed by atoms with E-state index in [2.05, 4.69) is 0 Å². The molecule has 0 saturated heterocycles. The predicted octanol–water partition coefficient (Wildman–Crippen LogP) is 2.37. The summed E-state index contributed by atoms with van der Waals surface area (Å²) in [7, 11) is 1.85. The number of hydrogen-bond acceptors (Lipinski definition) is 4. The van der Waals surface area contributed by atoms with Crippen LogP contribution in [0.5, 0.6) is 11.5 Å². The van der Waals surface area contributed by atoms with Crippen LogP contribution in [0.2, 0.25) is 0 Å². The van der Waals surface area contributed by atoms with Crippen molar-refractivity contribution in [3.05, 3.63) is 58.7 Å². The van der Waals surface area contributed by atoms with Crippen LogP contribution >= 0.6 is 0 Å². The van der Waals surface area contributed by atoms with Gasteiger partial charge in [0.05, 0.1) is 6.04 Å². The molecule has 2 atom stereocenters. The molecule has 0 fully saturated rings. The van der Waals surface area contributed by atoms with Crippen LogP contribution in [0.15, 0.2) is 36.4 Å². The van der Waals surface area contributed by atoms with Gasteiger partial charge in [0.25, 0.3) is 0 Å². The molecule has 0 spiro atoms. The van der Waals surface area contributed by atoms with Gasteiger partial charge in [-0.15, -0.1) is 0 Å². The number of phenolic OH excluding ortho intramolecular Hbond substituents is 2. The van der Waals surface area contributed by atoms with Crippen LogP contribution in [-0.2, 0) is 0 Å². The van der Waals surface area contributed by atoms with Crippen LogP contribution in [-0.4, -0.2) is 27.9 Å². The maximum atomic E-state index is 12.7. The Balaban J connectivity index is 2.11. The molecule has 4 heteroatoms. The molecule has 0 amide bonds. The molecule has 2 aromatic rings. The van der Waals surface area contributed by atoms with E-state index in [1.54, 1.807) is 0 Å². The number of likely N-dealkylation sites (N-methyl/N-ethyl adjacent to an activating group) is 1. The van der Waals surface area contributed by atoms with Gasteiger partial charge in [-0.3, -0.25) is 9.69 Å². The summed E-state index contributed by atoms with van der Waals surface area (Å²) in [5.74, 6) is 0.166. The fraction of sp³-hybridized carbons (Fsp3) is 0.188. The van der Waals surface area contributed by atoms with E-state index in [-0.39, 0.29) is 23.3 Å². The summed E-state index contributed by atoms with van der Waals surface area (Å²) < 4.78 is 0. The third-order valence-corrected chi connectivity index (χ3v) is 4.37. The molecule has 2 aromatic carbocycles. The minimum Gasteiger partial charge on any atom is -0.508 e. The number of rotatable bonds is 0.